The van der Waals surface area contributed by atoms with Gasteiger partial charge in [-0.15, -0.1) is 11.3 Å². The second kappa shape index (κ2) is 3.87. The van der Waals surface area contributed by atoms with Crippen molar-refractivity contribution >= 4 is 16.5 Å². The summed E-state index contributed by atoms with van der Waals surface area (Å²) in [6.07, 6.45) is 2.17. The van der Waals surface area contributed by atoms with E-state index in [2.05, 4.69) is 23.7 Å². The topological polar surface area (TPSA) is 42.2 Å². The molecule has 3 nitrogen and oxygen atoms in total. The lowest BCUT2D eigenvalue weighted by molar-refractivity contribution is 0.233. The summed E-state index contributed by atoms with van der Waals surface area (Å²) in [5.74, 6) is 0. The molecule has 2 rings (SSSR count). The van der Waals surface area contributed by atoms with Crippen molar-refractivity contribution in [3.63, 3.8) is 0 Å². The van der Waals surface area contributed by atoms with Crippen LogP contribution in [0, 0.1) is 0 Å². The number of hydrogen-bond acceptors (Lipinski definition) is 4. The first-order chi connectivity index (χ1) is 6.66. The predicted molar refractivity (Wildman–Crippen MR) is 60.6 cm³/mol. The molecule has 0 radical (unpaired) electrons. The van der Waals surface area contributed by atoms with Gasteiger partial charge in [0.2, 0.25) is 0 Å². The van der Waals surface area contributed by atoms with Gasteiger partial charge in [-0.05, 0) is 20.3 Å². The summed E-state index contributed by atoms with van der Waals surface area (Å²) < 4.78 is 0. The average molecular weight is 211 g/mol. The van der Waals surface area contributed by atoms with Crippen LogP contribution < -0.4 is 5.73 Å². The van der Waals surface area contributed by atoms with Gasteiger partial charge in [0, 0.05) is 30.4 Å². The monoisotopic (exact) mass is 211 g/mol. The van der Waals surface area contributed by atoms with Gasteiger partial charge >= 0.3 is 0 Å². The third-order valence-electron chi connectivity index (χ3n) is 2.79. The van der Waals surface area contributed by atoms with Crippen LogP contribution in [0.4, 0.5) is 5.13 Å². The zero-order valence-electron chi connectivity index (χ0n) is 8.79. The third kappa shape index (κ3) is 1.91. The number of hydrogen-bond donors (Lipinski definition) is 1. The highest BCUT2D eigenvalue weighted by Gasteiger charge is 2.18. The minimum atomic E-state index is 0.640. The lowest BCUT2D eigenvalue weighted by atomic mass is 10.2. The molecule has 0 atom stereocenters. The summed E-state index contributed by atoms with van der Waals surface area (Å²) in [7, 11) is 0. The number of anilines is 1. The molecule has 0 saturated carbocycles. The SMILES string of the molecule is CC(C)N1CCc2nc(N)sc2CC1. The fraction of sp³-hybridized carbons (Fsp3) is 0.700. The van der Waals surface area contributed by atoms with Gasteiger partial charge in [0.05, 0.1) is 5.69 Å². The minimum absolute atomic E-state index is 0.640. The fourth-order valence-electron chi connectivity index (χ4n) is 1.92. The van der Waals surface area contributed by atoms with Crippen LogP contribution in [0.1, 0.15) is 24.4 Å². The molecule has 4 heteroatoms. The van der Waals surface area contributed by atoms with Crippen LogP contribution in [0.5, 0.6) is 0 Å². The van der Waals surface area contributed by atoms with Crippen molar-refractivity contribution in [2.45, 2.75) is 32.7 Å². The van der Waals surface area contributed by atoms with Gasteiger partial charge in [-0.2, -0.15) is 0 Å². The van der Waals surface area contributed by atoms with Crippen LogP contribution in [-0.2, 0) is 12.8 Å². The molecule has 0 fully saturated rings. The number of nitrogen functional groups attached to an aromatic ring is 1. The van der Waals surface area contributed by atoms with Gasteiger partial charge in [-0.25, -0.2) is 4.98 Å². The van der Waals surface area contributed by atoms with Crippen molar-refractivity contribution in [3.8, 4) is 0 Å². The molecule has 1 aliphatic rings. The van der Waals surface area contributed by atoms with E-state index in [0.717, 1.165) is 31.1 Å². The molecule has 2 N–H and O–H groups in total. The van der Waals surface area contributed by atoms with E-state index in [0.29, 0.717) is 6.04 Å². The molecule has 1 aromatic rings. The highest BCUT2D eigenvalue weighted by atomic mass is 32.1. The van der Waals surface area contributed by atoms with Crippen molar-refractivity contribution < 1.29 is 0 Å². The Kier molecular flexibility index (Phi) is 2.74. The predicted octanol–water partition coefficient (Wildman–Crippen LogP) is 1.53. The van der Waals surface area contributed by atoms with E-state index in [4.69, 9.17) is 5.73 Å². The maximum atomic E-state index is 5.70. The van der Waals surface area contributed by atoms with Crippen LogP contribution in [0.2, 0.25) is 0 Å². The van der Waals surface area contributed by atoms with Crippen molar-refractivity contribution in [1.82, 2.24) is 9.88 Å². The highest BCUT2D eigenvalue weighted by Crippen LogP contribution is 2.24. The van der Waals surface area contributed by atoms with Crippen LogP contribution in [0.3, 0.4) is 0 Å². The second-order valence-corrected chi connectivity index (χ2v) is 5.17. The van der Waals surface area contributed by atoms with E-state index in [9.17, 15) is 0 Å². The second-order valence-electron chi connectivity index (χ2n) is 4.05. The van der Waals surface area contributed by atoms with Crippen LogP contribution in [0.15, 0.2) is 0 Å². The first kappa shape index (κ1) is 9.93. The smallest absolute Gasteiger partial charge is 0.180 e. The molecule has 0 amide bonds. The molecule has 78 valence electrons. The maximum absolute atomic E-state index is 5.70. The molecule has 0 unspecified atom stereocenters. The Morgan fingerprint density at radius 2 is 2.07 bits per heavy atom. The molecule has 2 heterocycles. The zero-order chi connectivity index (χ0) is 10.1. The molecule has 0 aliphatic carbocycles. The number of thiazole rings is 1. The Hall–Kier alpha value is -0.610. The standard InChI is InChI=1S/C10H17N3S/c1-7(2)13-5-3-8-9(4-6-13)14-10(11)12-8/h7H,3-6H2,1-2H3,(H2,11,12). The minimum Gasteiger partial charge on any atom is -0.375 e. The Bertz CT molecular complexity index is 294. The number of nitrogens with zero attached hydrogens (tertiary/aromatic N) is 2. The number of fused-ring (bicyclic) bond motifs is 1. The molecule has 0 bridgehead atoms. The molecule has 0 spiro atoms. The number of rotatable bonds is 1. The zero-order valence-corrected chi connectivity index (χ0v) is 9.60. The van der Waals surface area contributed by atoms with Gasteiger partial charge in [0.1, 0.15) is 0 Å². The maximum Gasteiger partial charge on any atom is 0.180 e. The first-order valence-electron chi connectivity index (χ1n) is 5.15. The quantitative estimate of drug-likeness (QED) is 0.766. The average Bonchev–Trinajstić information content (AvgIpc) is 2.34. The highest BCUT2D eigenvalue weighted by molar-refractivity contribution is 7.15. The third-order valence-corrected chi connectivity index (χ3v) is 3.77. The van der Waals surface area contributed by atoms with Gasteiger partial charge in [-0.3, -0.25) is 0 Å². The Labute approximate surface area is 88.9 Å². The summed E-state index contributed by atoms with van der Waals surface area (Å²) >= 11 is 1.66. The van der Waals surface area contributed by atoms with Crippen LogP contribution in [-0.4, -0.2) is 29.0 Å². The summed E-state index contributed by atoms with van der Waals surface area (Å²) in [6.45, 7) is 6.77. The van der Waals surface area contributed by atoms with E-state index in [1.165, 1.54) is 10.6 Å². The fourth-order valence-corrected chi connectivity index (χ4v) is 2.78. The molecule has 1 aromatic heterocycles. The number of nitrogens with two attached hydrogens (primary N) is 1. The van der Waals surface area contributed by atoms with Gasteiger partial charge < -0.3 is 10.6 Å². The van der Waals surface area contributed by atoms with Crippen molar-refractivity contribution in [2.24, 2.45) is 0 Å². The van der Waals surface area contributed by atoms with Crippen LogP contribution in [0.25, 0.3) is 0 Å². The van der Waals surface area contributed by atoms with Gasteiger partial charge in [0.15, 0.2) is 5.13 Å². The van der Waals surface area contributed by atoms with Crippen molar-refractivity contribution in [2.75, 3.05) is 18.8 Å². The molecular weight excluding hydrogens is 194 g/mol. The normalized spacial score (nSPS) is 18.2. The lowest BCUT2D eigenvalue weighted by Gasteiger charge is -2.23. The summed E-state index contributed by atoms with van der Waals surface area (Å²) in [4.78, 5) is 8.27. The van der Waals surface area contributed by atoms with Crippen molar-refractivity contribution in [1.29, 1.82) is 0 Å². The Balaban J connectivity index is 2.12. The van der Waals surface area contributed by atoms with Gasteiger partial charge in [0.25, 0.3) is 0 Å². The molecular formula is C10H17N3S. The van der Waals surface area contributed by atoms with Crippen molar-refractivity contribution in [3.05, 3.63) is 10.6 Å². The lowest BCUT2D eigenvalue weighted by Crippen LogP contribution is -2.33. The largest absolute Gasteiger partial charge is 0.375 e. The van der Waals surface area contributed by atoms with E-state index in [1.54, 1.807) is 11.3 Å². The Morgan fingerprint density at radius 3 is 2.79 bits per heavy atom. The summed E-state index contributed by atoms with van der Waals surface area (Å²) in [5.41, 5.74) is 6.93. The summed E-state index contributed by atoms with van der Waals surface area (Å²) in [6, 6.07) is 0.640. The molecule has 0 saturated heterocycles. The van der Waals surface area contributed by atoms with E-state index >= 15 is 0 Å². The van der Waals surface area contributed by atoms with Crippen LogP contribution >= 0.6 is 11.3 Å². The first-order valence-corrected chi connectivity index (χ1v) is 5.96. The van der Waals surface area contributed by atoms with E-state index in [-0.39, 0.29) is 0 Å². The van der Waals surface area contributed by atoms with E-state index < -0.39 is 0 Å². The Morgan fingerprint density at radius 1 is 1.36 bits per heavy atom. The van der Waals surface area contributed by atoms with Gasteiger partial charge in [-0.1, -0.05) is 0 Å². The molecule has 0 aromatic carbocycles. The molecule has 14 heavy (non-hydrogen) atoms. The summed E-state index contributed by atoms with van der Waals surface area (Å²) in [5, 5.41) is 0.730. The number of aromatic nitrogens is 1. The molecule has 1 aliphatic heterocycles. The van der Waals surface area contributed by atoms with E-state index in [1.807, 2.05) is 0 Å².